The maximum Gasteiger partial charge on any atom is 0.0975 e. The van der Waals surface area contributed by atoms with E-state index in [1.807, 2.05) is 18.4 Å². The second kappa shape index (κ2) is 6.31. The van der Waals surface area contributed by atoms with Crippen LogP contribution in [-0.4, -0.2) is 12.0 Å². The first-order valence-corrected chi connectivity index (χ1v) is 7.60. The van der Waals surface area contributed by atoms with Crippen LogP contribution >= 0.6 is 11.3 Å². The molecule has 2 rings (SSSR count). The van der Waals surface area contributed by atoms with Crippen molar-refractivity contribution in [1.82, 2.24) is 10.3 Å². The van der Waals surface area contributed by atoms with Gasteiger partial charge in [0.05, 0.1) is 10.7 Å². The number of hydrogen-bond donors (Lipinski definition) is 1. The third-order valence-electron chi connectivity index (χ3n) is 3.09. The Kier molecular flexibility index (Phi) is 4.72. The Morgan fingerprint density at radius 1 is 1.32 bits per heavy atom. The van der Waals surface area contributed by atoms with Crippen LogP contribution in [0.25, 0.3) is 0 Å². The highest BCUT2D eigenvalue weighted by molar-refractivity contribution is 7.11. The van der Waals surface area contributed by atoms with Crippen LogP contribution in [-0.2, 0) is 13.0 Å². The van der Waals surface area contributed by atoms with Gasteiger partial charge < -0.3 is 5.32 Å². The van der Waals surface area contributed by atoms with Crippen molar-refractivity contribution >= 4 is 11.3 Å². The van der Waals surface area contributed by atoms with Crippen molar-refractivity contribution in [2.24, 2.45) is 0 Å². The van der Waals surface area contributed by atoms with Crippen LogP contribution in [0.3, 0.4) is 0 Å². The lowest BCUT2D eigenvalue weighted by atomic mass is 10.1. The molecule has 0 fully saturated rings. The van der Waals surface area contributed by atoms with Crippen molar-refractivity contribution < 1.29 is 0 Å². The third-order valence-corrected chi connectivity index (χ3v) is 4.17. The summed E-state index contributed by atoms with van der Waals surface area (Å²) >= 11 is 1.84. The Labute approximate surface area is 119 Å². The number of aryl methyl sites for hydroxylation is 1. The van der Waals surface area contributed by atoms with Crippen LogP contribution in [0.15, 0.2) is 24.3 Å². The number of benzene rings is 1. The molecular weight excluding hydrogens is 252 g/mol. The van der Waals surface area contributed by atoms with Crippen LogP contribution in [0, 0.1) is 6.92 Å². The lowest BCUT2D eigenvalue weighted by Crippen LogP contribution is -2.06. The standard InChI is InChI=1S/C16H22N2S/c1-11(2)16-14(10-17-4)19-15(18-16)9-13-7-5-6-12(3)8-13/h5-8,11,17H,9-10H2,1-4H3. The number of nitrogens with one attached hydrogen (secondary N) is 1. The topological polar surface area (TPSA) is 24.9 Å². The minimum Gasteiger partial charge on any atom is -0.315 e. The Morgan fingerprint density at radius 3 is 2.74 bits per heavy atom. The summed E-state index contributed by atoms with van der Waals surface area (Å²) in [5.74, 6) is 0.492. The van der Waals surface area contributed by atoms with Crippen molar-refractivity contribution in [3.63, 3.8) is 0 Å². The summed E-state index contributed by atoms with van der Waals surface area (Å²) < 4.78 is 0. The second-order valence-electron chi connectivity index (χ2n) is 5.27. The molecule has 0 unspecified atom stereocenters. The van der Waals surface area contributed by atoms with Gasteiger partial charge in [0.15, 0.2) is 0 Å². The molecule has 0 atom stereocenters. The maximum absolute atomic E-state index is 4.83. The zero-order valence-corrected chi connectivity index (χ0v) is 13.0. The minimum absolute atomic E-state index is 0.492. The highest BCUT2D eigenvalue weighted by Gasteiger charge is 2.13. The molecule has 3 heteroatoms. The lowest BCUT2D eigenvalue weighted by Gasteiger charge is -2.03. The van der Waals surface area contributed by atoms with Gasteiger partial charge in [-0.3, -0.25) is 0 Å². The third kappa shape index (κ3) is 3.64. The van der Waals surface area contributed by atoms with E-state index in [1.165, 1.54) is 26.7 Å². The molecule has 0 radical (unpaired) electrons. The van der Waals surface area contributed by atoms with E-state index in [2.05, 4.69) is 50.4 Å². The van der Waals surface area contributed by atoms with Gasteiger partial charge in [-0.15, -0.1) is 11.3 Å². The number of thiazole rings is 1. The Morgan fingerprint density at radius 2 is 2.11 bits per heavy atom. The summed E-state index contributed by atoms with van der Waals surface area (Å²) in [5.41, 5.74) is 3.91. The van der Waals surface area contributed by atoms with Crippen molar-refractivity contribution in [3.05, 3.63) is 51.0 Å². The van der Waals surface area contributed by atoms with E-state index in [0.717, 1.165) is 13.0 Å². The highest BCUT2D eigenvalue weighted by atomic mass is 32.1. The summed E-state index contributed by atoms with van der Waals surface area (Å²) in [6, 6.07) is 8.68. The second-order valence-corrected chi connectivity index (χ2v) is 6.44. The van der Waals surface area contributed by atoms with Crippen molar-refractivity contribution in [1.29, 1.82) is 0 Å². The van der Waals surface area contributed by atoms with Gasteiger partial charge in [-0.25, -0.2) is 4.98 Å². The summed E-state index contributed by atoms with van der Waals surface area (Å²) in [5, 5.41) is 4.46. The van der Waals surface area contributed by atoms with E-state index < -0.39 is 0 Å². The van der Waals surface area contributed by atoms with Gasteiger partial charge in [0.25, 0.3) is 0 Å². The fraction of sp³-hybridized carbons (Fsp3) is 0.438. The summed E-state index contributed by atoms with van der Waals surface area (Å²) in [6.45, 7) is 7.48. The number of rotatable bonds is 5. The molecule has 1 N–H and O–H groups in total. The zero-order chi connectivity index (χ0) is 13.8. The van der Waals surface area contributed by atoms with Crippen LogP contribution in [0.1, 0.15) is 46.5 Å². The smallest absolute Gasteiger partial charge is 0.0975 e. The molecule has 0 aliphatic carbocycles. The first-order valence-electron chi connectivity index (χ1n) is 6.78. The number of hydrogen-bond acceptors (Lipinski definition) is 3. The first-order chi connectivity index (χ1) is 9.10. The normalized spacial score (nSPS) is 11.2. The lowest BCUT2D eigenvalue weighted by molar-refractivity contribution is 0.768. The average molecular weight is 274 g/mol. The quantitative estimate of drug-likeness (QED) is 0.895. The predicted molar refractivity (Wildman–Crippen MR) is 83.0 cm³/mol. The van der Waals surface area contributed by atoms with E-state index in [-0.39, 0.29) is 0 Å². The van der Waals surface area contributed by atoms with Crippen molar-refractivity contribution in [2.75, 3.05) is 7.05 Å². The Balaban J connectivity index is 2.23. The fourth-order valence-corrected chi connectivity index (χ4v) is 3.49. The van der Waals surface area contributed by atoms with E-state index >= 15 is 0 Å². The van der Waals surface area contributed by atoms with Crippen LogP contribution in [0.5, 0.6) is 0 Å². The molecule has 0 saturated carbocycles. The molecule has 0 saturated heterocycles. The molecule has 19 heavy (non-hydrogen) atoms. The minimum atomic E-state index is 0.492. The summed E-state index contributed by atoms with van der Waals surface area (Å²) in [7, 11) is 1.99. The van der Waals surface area contributed by atoms with Gasteiger partial charge in [0.2, 0.25) is 0 Å². The van der Waals surface area contributed by atoms with Gasteiger partial charge in [-0.05, 0) is 25.5 Å². The van der Waals surface area contributed by atoms with Crippen LogP contribution in [0.4, 0.5) is 0 Å². The molecule has 1 aromatic carbocycles. The Bertz CT molecular complexity index is 543. The average Bonchev–Trinajstić information content (AvgIpc) is 2.73. The van der Waals surface area contributed by atoms with Crippen molar-refractivity contribution in [2.45, 2.75) is 39.7 Å². The van der Waals surface area contributed by atoms with Gasteiger partial charge in [-0.2, -0.15) is 0 Å². The van der Waals surface area contributed by atoms with Crippen molar-refractivity contribution in [3.8, 4) is 0 Å². The number of aromatic nitrogens is 1. The highest BCUT2D eigenvalue weighted by Crippen LogP contribution is 2.26. The van der Waals surface area contributed by atoms with Gasteiger partial charge in [0, 0.05) is 17.8 Å². The van der Waals surface area contributed by atoms with E-state index in [1.54, 1.807) is 0 Å². The predicted octanol–water partition coefficient (Wildman–Crippen LogP) is 3.89. The molecule has 0 aliphatic rings. The molecule has 1 heterocycles. The van der Waals surface area contributed by atoms with Gasteiger partial charge in [-0.1, -0.05) is 43.7 Å². The largest absolute Gasteiger partial charge is 0.315 e. The van der Waals surface area contributed by atoms with Crippen LogP contribution < -0.4 is 5.32 Å². The zero-order valence-electron chi connectivity index (χ0n) is 12.2. The number of nitrogens with zero attached hydrogens (tertiary/aromatic N) is 1. The maximum atomic E-state index is 4.83. The fourth-order valence-electron chi connectivity index (χ4n) is 2.22. The molecule has 2 aromatic rings. The molecule has 102 valence electrons. The molecule has 0 spiro atoms. The van der Waals surface area contributed by atoms with E-state index in [0.29, 0.717) is 5.92 Å². The molecule has 1 aromatic heterocycles. The Hall–Kier alpha value is -1.19. The summed E-state index contributed by atoms with van der Waals surface area (Å²) in [6.07, 6.45) is 0.940. The van der Waals surface area contributed by atoms with E-state index in [4.69, 9.17) is 4.98 Å². The SMILES string of the molecule is CNCc1sc(Cc2cccc(C)c2)nc1C(C)C. The molecule has 2 nitrogen and oxygen atoms in total. The molecule has 0 bridgehead atoms. The van der Waals surface area contributed by atoms with Gasteiger partial charge in [0.1, 0.15) is 0 Å². The monoisotopic (exact) mass is 274 g/mol. The summed E-state index contributed by atoms with van der Waals surface area (Å²) in [4.78, 5) is 6.21. The van der Waals surface area contributed by atoms with Gasteiger partial charge >= 0.3 is 0 Å². The molecule has 0 aliphatic heterocycles. The van der Waals surface area contributed by atoms with Crippen LogP contribution in [0.2, 0.25) is 0 Å². The first kappa shape index (κ1) is 14.2. The molecule has 0 amide bonds. The van der Waals surface area contributed by atoms with E-state index in [9.17, 15) is 0 Å². The molecular formula is C16H22N2S.